The van der Waals surface area contributed by atoms with Crippen molar-refractivity contribution < 1.29 is 24.6 Å². The van der Waals surface area contributed by atoms with Gasteiger partial charge in [-0.3, -0.25) is 19.8 Å². The maximum atomic E-state index is 13.2. The topological polar surface area (TPSA) is 148 Å². The number of carbonyl (C=O) groups excluding carboxylic acids is 2. The second-order valence-electron chi connectivity index (χ2n) is 8.12. The van der Waals surface area contributed by atoms with Crippen molar-refractivity contribution in [1.82, 2.24) is 4.90 Å². The number of phenols is 1. The Morgan fingerprint density at radius 3 is 2.38 bits per heavy atom. The Morgan fingerprint density at radius 2 is 1.79 bits per heavy atom. The van der Waals surface area contributed by atoms with Gasteiger partial charge in [-0.2, -0.15) is 0 Å². The third-order valence-electron chi connectivity index (χ3n) is 5.73. The molecule has 5 N–H and O–H groups in total. The van der Waals surface area contributed by atoms with Crippen molar-refractivity contribution >= 4 is 41.7 Å². The molecule has 2 aromatic carbocycles. The molecule has 10 heteroatoms. The van der Waals surface area contributed by atoms with E-state index in [0.29, 0.717) is 22.4 Å². The molecule has 1 aliphatic rings. The van der Waals surface area contributed by atoms with Crippen molar-refractivity contribution in [3.8, 4) is 5.75 Å². The number of nitrogens with one attached hydrogen (secondary N) is 1. The number of amidine groups is 1. The van der Waals surface area contributed by atoms with Gasteiger partial charge in [0.1, 0.15) is 11.6 Å². The number of halogens is 1. The molecule has 1 saturated heterocycles. The lowest BCUT2D eigenvalue weighted by Gasteiger charge is -2.24. The minimum atomic E-state index is -1.05. The van der Waals surface area contributed by atoms with E-state index >= 15 is 0 Å². The van der Waals surface area contributed by atoms with Gasteiger partial charge in [0.2, 0.25) is 5.91 Å². The summed E-state index contributed by atoms with van der Waals surface area (Å²) in [5, 5.41) is 26.9. The van der Waals surface area contributed by atoms with E-state index in [0.717, 1.165) is 25.9 Å². The number of anilines is 1. The second kappa shape index (κ2) is 11.5. The predicted octanol–water partition coefficient (Wildman–Crippen LogP) is 2.69. The van der Waals surface area contributed by atoms with E-state index in [1.807, 2.05) is 0 Å². The minimum absolute atomic E-state index is 0. The summed E-state index contributed by atoms with van der Waals surface area (Å²) >= 11 is 0. The van der Waals surface area contributed by atoms with Gasteiger partial charge in [0.05, 0.1) is 12.8 Å². The number of amides is 2. The van der Waals surface area contributed by atoms with Crippen LogP contribution in [-0.4, -0.2) is 58.4 Å². The van der Waals surface area contributed by atoms with E-state index in [1.165, 1.54) is 23.1 Å². The average Bonchev–Trinajstić information content (AvgIpc) is 3.29. The summed E-state index contributed by atoms with van der Waals surface area (Å²) in [6, 6.07) is 9.32. The predicted molar refractivity (Wildman–Crippen MR) is 131 cm³/mol. The van der Waals surface area contributed by atoms with Crippen LogP contribution in [0.2, 0.25) is 0 Å². The first-order chi connectivity index (χ1) is 15.7. The Labute approximate surface area is 204 Å². The smallest absolute Gasteiger partial charge is 0.305 e. The fourth-order valence-electron chi connectivity index (χ4n) is 3.90. The molecule has 0 atom stereocenters. The van der Waals surface area contributed by atoms with Crippen LogP contribution in [-0.2, 0) is 16.0 Å². The first kappa shape index (κ1) is 26.7. The molecule has 3 rings (SSSR count). The van der Waals surface area contributed by atoms with E-state index in [9.17, 15) is 19.5 Å². The molecule has 0 bridgehead atoms. The zero-order chi connectivity index (χ0) is 24.1. The number of carbonyl (C=O) groups is 3. The number of aliphatic carboxylic acids is 1. The van der Waals surface area contributed by atoms with Gasteiger partial charge in [-0.05, 0) is 61.7 Å². The molecule has 0 unspecified atom stereocenters. The number of nitrogen functional groups attached to an aromatic ring is 1. The van der Waals surface area contributed by atoms with Crippen LogP contribution in [0.3, 0.4) is 0 Å². The molecule has 1 aliphatic heterocycles. The Bertz CT molecular complexity index is 1100. The lowest BCUT2D eigenvalue weighted by molar-refractivity contribution is -0.136. The lowest BCUT2D eigenvalue weighted by Crippen LogP contribution is -2.34. The van der Waals surface area contributed by atoms with Crippen molar-refractivity contribution in [2.75, 3.05) is 24.5 Å². The number of hydrogen-bond donors (Lipinski definition) is 4. The number of carboxylic acids is 1. The maximum Gasteiger partial charge on any atom is 0.305 e. The summed E-state index contributed by atoms with van der Waals surface area (Å²) in [6.07, 6.45) is 1.49. The van der Waals surface area contributed by atoms with Crippen LogP contribution >= 0.6 is 12.4 Å². The van der Waals surface area contributed by atoms with Gasteiger partial charge in [-0.25, -0.2) is 0 Å². The second-order valence-corrected chi connectivity index (χ2v) is 8.12. The van der Waals surface area contributed by atoms with Gasteiger partial charge in [0.25, 0.3) is 5.91 Å². The Kier molecular flexibility index (Phi) is 9.03. The van der Waals surface area contributed by atoms with E-state index < -0.39 is 11.9 Å². The van der Waals surface area contributed by atoms with Crippen molar-refractivity contribution in [3.63, 3.8) is 0 Å². The Hall–Kier alpha value is -3.59. The molecular formula is C24H29ClN4O5. The lowest BCUT2D eigenvalue weighted by atomic mass is 10.0. The van der Waals surface area contributed by atoms with Crippen LogP contribution in [0.4, 0.5) is 5.69 Å². The highest BCUT2D eigenvalue weighted by Crippen LogP contribution is 2.25. The Morgan fingerprint density at radius 1 is 1.12 bits per heavy atom. The van der Waals surface area contributed by atoms with Crippen LogP contribution < -0.4 is 10.6 Å². The molecule has 0 aliphatic carbocycles. The fourth-order valence-corrected chi connectivity index (χ4v) is 3.90. The molecule has 0 aromatic heterocycles. The number of carboxylic acid groups (broad SMARTS) is 1. The first-order valence-electron chi connectivity index (χ1n) is 10.8. The van der Waals surface area contributed by atoms with E-state index in [2.05, 4.69) is 0 Å². The number of benzene rings is 2. The number of rotatable bonds is 8. The first-order valence-corrected chi connectivity index (χ1v) is 10.8. The monoisotopic (exact) mass is 488 g/mol. The number of phenolic OH excluding ortho intramolecular Hbond substituents is 1. The zero-order valence-electron chi connectivity index (χ0n) is 18.9. The molecular weight excluding hydrogens is 460 g/mol. The Balaban J connectivity index is 0.00000408. The molecule has 2 aromatic rings. The number of hydrogen-bond acceptors (Lipinski definition) is 5. The third kappa shape index (κ3) is 6.26. The van der Waals surface area contributed by atoms with Crippen LogP contribution in [0.25, 0.3) is 0 Å². The molecule has 182 valence electrons. The number of nitrogens with zero attached hydrogens (tertiary/aromatic N) is 2. The van der Waals surface area contributed by atoms with Gasteiger partial charge in [0.15, 0.2) is 0 Å². The maximum absolute atomic E-state index is 13.2. The molecule has 34 heavy (non-hydrogen) atoms. The molecule has 9 nitrogen and oxygen atoms in total. The van der Waals surface area contributed by atoms with Gasteiger partial charge < -0.3 is 25.7 Å². The van der Waals surface area contributed by atoms with Gasteiger partial charge >= 0.3 is 5.97 Å². The average molecular weight is 489 g/mol. The number of nitrogens with two attached hydrogens (primary N) is 1. The fraction of sp³-hybridized carbons (Fsp3) is 0.333. The third-order valence-corrected chi connectivity index (χ3v) is 5.73. The summed E-state index contributed by atoms with van der Waals surface area (Å²) < 4.78 is 0. The molecule has 1 heterocycles. The van der Waals surface area contributed by atoms with Gasteiger partial charge in [0, 0.05) is 42.0 Å². The van der Waals surface area contributed by atoms with E-state index in [4.69, 9.17) is 16.2 Å². The van der Waals surface area contributed by atoms with Gasteiger partial charge in [-0.1, -0.05) is 0 Å². The summed E-state index contributed by atoms with van der Waals surface area (Å²) in [6.45, 7) is 3.17. The molecule has 0 radical (unpaired) electrons. The molecule has 0 spiro atoms. The highest BCUT2D eigenvalue weighted by Gasteiger charge is 2.23. The molecule has 2 amide bonds. The van der Waals surface area contributed by atoms with Crippen molar-refractivity contribution in [1.29, 1.82) is 5.41 Å². The number of aromatic hydroxyl groups is 1. The van der Waals surface area contributed by atoms with E-state index in [-0.39, 0.29) is 54.8 Å². The highest BCUT2D eigenvalue weighted by atomic mass is 35.5. The summed E-state index contributed by atoms with van der Waals surface area (Å²) in [5.41, 5.74) is 7.88. The summed E-state index contributed by atoms with van der Waals surface area (Å²) in [5.74, 6) is -1.84. The standard InChI is InChI=1S/C24H28N4O5.ClH/c1-15-12-18(5-6-19(15)24(33)27-9-2-3-10-27)28(11-8-22(31)32)21(30)14-17-13-16(23(25)26)4-7-20(17)29;/h4-7,12-13,29H,2-3,8-11,14H2,1H3,(H3,25,26)(H,31,32);1H. The quantitative estimate of drug-likeness (QED) is 0.331. The van der Waals surface area contributed by atoms with Crippen LogP contribution in [0.5, 0.6) is 5.75 Å². The number of aryl methyl sites for hydroxylation is 1. The molecule has 1 fully saturated rings. The zero-order valence-corrected chi connectivity index (χ0v) is 19.7. The molecule has 0 saturated carbocycles. The highest BCUT2D eigenvalue weighted by molar-refractivity contribution is 5.99. The van der Waals surface area contributed by atoms with Crippen molar-refractivity contribution in [2.45, 2.75) is 32.6 Å². The largest absolute Gasteiger partial charge is 0.508 e. The summed E-state index contributed by atoms with van der Waals surface area (Å²) in [4.78, 5) is 40.3. The van der Waals surface area contributed by atoms with Crippen LogP contribution in [0.1, 0.15) is 46.3 Å². The van der Waals surface area contributed by atoms with Gasteiger partial charge in [-0.15, -0.1) is 12.4 Å². The van der Waals surface area contributed by atoms with Crippen molar-refractivity contribution in [2.24, 2.45) is 5.73 Å². The number of likely N-dealkylation sites (tertiary alicyclic amines) is 1. The normalized spacial score (nSPS) is 12.7. The minimum Gasteiger partial charge on any atom is -0.508 e. The SMILES string of the molecule is Cc1cc(N(CCC(=O)O)C(=O)Cc2cc(C(=N)N)ccc2O)ccc1C(=O)N1CCCC1.Cl. The van der Waals surface area contributed by atoms with Crippen LogP contribution in [0.15, 0.2) is 36.4 Å². The van der Waals surface area contributed by atoms with E-state index in [1.54, 1.807) is 30.0 Å². The summed E-state index contributed by atoms with van der Waals surface area (Å²) in [7, 11) is 0. The van der Waals surface area contributed by atoms with Crippen molar-refractivity contribution in [3.05, 3.63) is 58.7 Å². The van der Waals surface area contributed by atoms with Crippen LogP contribution in [0, 0.1) is 12.3 Å².